The Bertz CT molecular complexity index is 1050. The van der Waals surface area contributed by atoms with Gasteiger partial charge in [-0.05, 0) is 55.2 Å². The van der Waals surface area contributed by atoms with Crippen LogP contribution in [0.1, 0.15) is 30.0 Å². The van der Waals surface area contributed by atoms with Crippen molar-refractivity contribution in [2.24, 2.45) is 0 Å². The Morgan fingerprint density at radius 2 is 2.00 bits per heavy atom. The number of ether oxygens (including phenoxy) is 2. The predicted molar refractivity (Wildman–Crippen MR) is 108 cm³/mol. The van der Waals surface area contributed by atoms with Crippen LogP contribution in [0.5, 0.6) is 5.75 Å². The van der Waals surface area contributed by atoms with Crippen LogP contribution in [0, 0.1) is 6.92 Å². The van der Waals surface area contributed by atoms with Crippen LogP contribution in [0.4, 0.5) is 0 Å². The van der Waals surface area contributed by atoms with E-state index in [1.807, 2.05) is 31.2 Å². The summed E-state index contributed by atoms with van der Waals surface area (Å²) in [5.74, 6) is 0.297. The fourth-order valence-corrected chi connectivity index (χ4v) is 3.19. The van der Waals surface area contributed by atoms with E-state index >= 15 is 0 Å². The number of benzene rings is 2. The third kappa shape index (κ3) is 4.93. The van der Waals surface area contributed by atoms with E-state index in [2.05, 4.69) is 0 Å². The highest BCUT2D eigenvalue weighted by molar-refractivity contribution is 6.30. The zero-order valence-corrected chi connectivity index (χ0v) is 16.5. The van der Waals surface area contributed by atoms with Crippen molar-refractivity contribution in [3.63, 3.8) is 0 Å². The van der Waals surface area contributed by atoms with Gasteiger partial charge in [0.05, 0.1) is 6.61 Å². The van der Waals surface area contributed by atoms with Gasteiger partial charge in [0.15, 0.2) is 0 Å². The summed E-state index contributed by atoms with van der Waals surface area (Å²) in [5, 5.41) is 1.44. The SMILES string of the molecule is CCOC(=O)CCc1cc2c(C)cc(=O)oc2cc1OCc1cccc(Cl)c1. The van der Waals surface area contributed by atoms with Gasteiger partial charge in [-0.1, -0.05) is 23.7 Å². The normalized spacial score (nSPS) is 10.8. The molecule has 28 heavy (non-hydrogen) atoms. The molecule has 0 N–H and O–H groups in total. The second kappa shape index (κ2) is 8.93. The first-order valence-electron chi connectivity index (χ1n) is 9.06. The summed E-state index contributed by atoms with van der Waals surface area (Å²) >= 11 is 6.03. The Kier molecular flexibility index (Phi) is 6.37. The molecule has 0 unspecified atom stereocenters. The van der Waals surface area contributed by atoms with Crippen molar-refractivity contribution < 1.29 is 18.7 Å². The Morgan fingerprint density at radius 1 is 1.18 bits per heavy atom. The Hall–Kier alpha value is -2.79. The number of hydrogen-bond acceptors (Lipinski definition) is 5. The van der Waals surface area contributed by atoms with Crippen LogP contribution < -0.4 is 10.4 Å². The van der Waals surface area contributed by atoms with Crippen molar-refractivity contribution in [2.45, 2.75) is 33.3 Å². The number of aryl methyl sites for hydroxylation is 2. The van der Waals surface area contributed by atoms with Gasteiger partial charge in [-0.15, -0.1) is 0 Å². The number of fused-ring (bicyclic) bond motifs is 1. The molecule has 1 heterocycles. The summed E-state index contributed by atoms with van der Waals surface area (Å²) in [6, 6.07) is 12.4. The molecule has 0 aliphatic heterocycles. The summed E-state index contributed by atoms with van der Waals surface area (Å²) in [4.78, 5) is 23.5. The van der Waals surface area contributed by atoms with E-state index in [1.54, 1.807) is 19.1 Å². The van der Waals surface area contributed by atoms with Crippen LogP contribution in [-0.2, 0) is 22.6 Å². The van der Waals surface area contributed by atoms with Gasteiger partial charge in [0.2, 0.25) is 0 Å². The van der Waals surface area contributed by atoms with Crippen LogP contribution in [-0.4, -0.2) is 12.6 Å². The number of esters is 1. The molecule has 3 aromatic rings. The third-order valence-corrected chi connectivity index (χ3v) is 4.55. The summed E-state index contributed by atoms with van der Waals surface area (Å²) in [6.07, 6.45) is 0.695. The van der Waals surface area contributed by atoms with Crippen molar-refractivity contribution in [3.8, 4) is 5.75 Å². The number of carbonyl (C=O) groups is 1. The largest absolute Gasteiger partial charge is 0.488 e. The molecule has 1 aromatic heterocycles. The van der Waals surface area contributed by atoms with Gasteiger partial charge in [-0.2, -0.15) is 0 Å². The lowest BCUT2D eigenvalue weighted by Crippen LogP contribution is -2.07. The van der Waals surface area contributed by atoms with Gasteiger partial charge >= 0.3 is 11.6 Å². The minimum Gasteiger partial charge on any atom is -0.488 e. The van der Waals surface area contributed by atoms with Crippen LogP contribution in [0.3, 0.4) is 0 Å². The van der Waals surface area contributed by atoms with E-state index in [9.17, 15) is 9.59 Å². The molecule has 0 bridgehead atoms. The fraction of sp³-hybridized carbons (Fsp3) is 0.273. The lowest BCUT2D eigenvalue weighted by Gasteiger charge is -2.14. The maximum atomic E-state index is 11.8. The zero-order valence-electron chi connectivity index (χ0n) is 15.8. The number of carbonyl (C=O) groups excluding carboxylic acids is 1. The molecule has 0 amide bonds. The lowest BCUT2D eigenvalue weighted by molar-refractivity contribution is -0.143. The molecule has 0 aliphatic carbocycles. The highest BCUT2D eigenvalue weighted by atomic mass is 35.5. The van der Waals surface area contributed by atoms with E-state index in [0.29, 0.717) is 36.0 Å². The molecule has 0 fully saturated rings. The molecule has 0 saturated carbocycles. The summed E-state index contributed by atoms with van der Waals surface area (Å²) in [7, 11) is 0. The highest BCUT2D eigenvalue weighted by Crippen LogP contribution is 2.29. The first-order chi connectivity index (χ1) is 13.5. The quantitative estimate of drug-likeness (QED) is 0.420. The maximum absolute atomic E-state index is 11.8. The predicted octanol–water partition coefficient (Wildman–Crippen LogP) is 4.83. The van der Waals surface area contributed by atoms with Gasteiger partial charge in [-0.3, -0.25) is 4.79 Å². The Labute approximate surface area is 167 Å². The maximum Gasteiger partial charge on any atom is 0.336 e. The molecule has 5 nitrogen and oxygen atoms in total. The van der Waals surface area contributed by atoms with E-state index < -0.39 is 5.63 Å². The van der Waals surface area contributed by atoms with Gasteiger partial charge in [-0.25, -0.2) is 4.79 Å². The van der Waals surface area contributed by atoms with Crippen molar-refractivity contribution in [2.75, 3.05) is 6.61 Å². The molecule has 0 radical (unpaired) electrons. The van der Waals surface area contributed by atoms with Gasteiger partial charge in [0.25, 0.3) is 0 Å². The van der Waals surface area contributed by atoms with E-state index in [1.165, 1.54) is 6.07 Å². The van der Waals surface area contributed by atoms with Crippen molar-refractivity contribution in [1.82, 2.24) is 0 Å². The molecule has 146 valence electrons. The standard InChI is InChI=1S/C22H21ClO5/c1-3-26-21(24)8-7-16-11-18-14(2)9-22(25)28-20(18)12-19(16)27-13-15-5-4-6-17(23)10-15/h4-6,9-12H,3,7-8,13H2,1-2H3. The topological polar surface area (TPSA) is 65.7 Å². The Morgan fingerprint density at radius 3 is 2.75 bits per heavy atom. The smallest absolute Gasteiger partial charge is 0.336 e. The van der Waals surface area contributed by atoms with Crippen molar-refractivity contribution in [1.29, 1.82) is 0 Å². The first kappa shape index (κ1) is 20.0. The zero-order chi connectivity index (χ0) is 20.1. The average Bonchev–Trinajstić information content (AvgIpc) is 2.65. The van der Waals surface area contributed by atoms with Crippen LogP contribution in [0.2, 0.25) is 5.02 Å². The second-order valence-electron chi connectivity index (χ2n) is 6.43. The second-order valence-corrected chi connectivity index (χ2v) is 6.86. The average molecular weight is 401 g/mol. The van der Waals surface area contributed by atoms with E-state index in [4.69, 9.17) is 25.5 Å². The van der Waals surface area contributed by atoms with Gasteiger partial charge in [0.1, 0.15) is 17.9 Å². The van der Waals surface area contributed by atoms with Gasteiger partial charge < -0.3 is 13.9 Å². The molecule has 3 rings (SSSR count). The monoisotopic (exact) mass is 400 g/mol. The van der Waals surface area contributed by atoms with Crippen LogP contribution in [0.15, 0.2) is 51.7 Å². The number of halogens is 1. The number of rotatable bonds is 7. The molecular weight excluding hydrogens is 380 g/mol. The number of hydrogen-bond donors (Lipinski definition) is 0. The molecular formula is C22H21ClO5. The summed E-state index contributed by atoms with van der Waals surface area (Å²) < 4.78 is 16.3. The van der Waals surface area contributed by atoms with Crippen molar-refractivity contribution in [3.05, 3.63) is 74.6 Å². The highest BCUT2D eigenvalue weighted by Gasteiger charge is 2.13. The molecule has 0 aliphatic rings. The fourth-order valence-electron chi connectivity index (χ4n) is 2.98. The van der Waals surface area contributed by atoms with Crippen molar-refractivity contribution >= 4 is 28.5 Å². The third-order valence-electron chi connectivity index (χ3n) is 4.32. The minimum absolute atomic E-state index is 0.239. The summed E-state index contributed by atoms with van der Waals surface area (Å²) in [6.45, 7) is 4.27. The van der Waals surface area contributed by atoms with Gasteiger partial charge in [0, 0.05) is 29.0 Å². The molecule has 0 spiro atoms. The van der Waals surface area contributed by atoms with E-state index in [0.717, 1.165) is 22.1 Å². The lowest BCUT2D eigenvalue weighted by atomic mass is 10.0. The Balaban J connectivity index is 1.93. The first-order valence-corrected chi connectivity index (χ1v) is 9.44. The minimum atomic E-state index is -0.412. The summed E-state index contributed by atoms with van der Waals surface area (Å²) in [5.41, 5.74) is 2.61. The molecule has 6 heteroatoms. The molecule has 2 aromatic carbocycles. The van der Waals surface area contributed by atoms with E-state index in [-0.39, 0.29) is 12.4 Å². The van der Waals surface area contributed by atoms with Crippen LogP contribution in [0.25, 0.3) is 11.0 Å². The molecule has 0 saturated heterocycles. The van der Waals surface area contributed by atoms with Crippen LogP contribution >= 0.6 is 11.6 Å². The molecule has 0 atom stereocenters.